The van der Waals surface area contributed by atoms with Gasteiger partial charge in [-0.25, -0.2) is 13.2 Å². The van der Waals surface area contributed by atoms with Gasteiger partial charge >= 0.3 is 5.97 Å². The fourth-order valence-electron chi connectivity index (χ4n) is 2.61. The molecule has 2 aromatic rings. The average molecular weight is 371 g/mol. The monoisotopic (exact) mass is 370 g/mol. The molecule has 6 nitrogen and oxygen atoms in total. The number of H-pyrrole nitrogens is 1. The lowest BCUT2D eigenvalue weighted by Gasteiger charge is -2.23. The summed E-state index contributed by atoms with van der Waals surface area (Å²) in [5, 5.41) is 14.6. The molecule has 21 heavy (non-hydrogen) atoms. The molecule has 0 bridgehead atoms. The molecular weight excluding hydrogens is 360 g/mol. The van der Waals surface area contributed by atoms with Crippen molar-refractivity contribution in [3.8, 4) is 0 Å². The number of carboxylic acids is 1. The minimum atomic E-state index is -3.40. The third kappa shape index (κ3) is 2.38. The Bertz CT molecular complexity index is 828. The molecule has 1 atom stereocenters. The zero-order valence-corrected chi connectivity index (χ0v) is 13.1. The highest BCUT2D eigenvalue weighted by Crippen LogP contribution is 2.37. The summed E-state index contributed by atoms with van der Waals surface area (Å²) in [5.74, 6) is -1.24. The largest absolute Gasteiger partial charge is 0.476 e. The quantitative estimate of drug-likeness (QED) is 0.840. The summed E-state index contributed by atoms with van der Waals surface area (Å²) in [6.07, 6.45) is 0.167. The first kappa shape index (κ1) is 14.3. The smallest absolute Gasteiger partial charge is 0.356 e. The molecular formula is C13H11BrN2O4S. The van der Waals surface area contributed by atoms with Crippen LogP contribution in [0.25, 0.3) is 0 Å². The van der Waals surface area contributed by atoms with Crippen molar-refractivity contribution in [2.45, 2.75) is 11.7 Å². The second-order valence-electron chi connectivity index (χ2n) is 4.82. The van der Waals surface area contributed by atoms with E-state index in [1.54, 1.807) is 24.3 Å². The number of aromatic amines is 1. The van der Waals surface area contributed by atoms with Gasteiger partial charge < -0.3 is 5.11 Å². The Hall–Kier alpha value is -1.67. The Labute approximate surface area is 129 Å². The van der Waals surface area contributed by atoms with Crippen LogP contribution in [0.1, 0.15) is 32.6 Å². The number of benzene rings is 1. The van der Waals surface area contributed by atoms with Crippen molar-refractivity contribution in [2.75, 3.05) is 5.75 Å². The van der Waals surface area contributed by atoms with E-state index in [-0.39, 0.29) is 17.9 Å². The zero-order chi connectivity index (χ0) is 15.2. The summed E-state index contributed by atoms with van der Waals surface area (Å²) < 4.78 is 25.6. The van der Waals surface area contributed by atoms with Crippen LogP contribution in [0.4, 0.5) is 0 Å². The number of aromatic carboxylic acids is 1. The van der Waals surface area contributed by atoms with Gasteiger partial charge in [-0.2, -0.15) is 5.10 Å². The van der Waals surface area contributed by atoms with Gasteiger partial charge in [0.2, 0.25) is 0 Å². The van der Waals surface area contributed by atoms with Gasteiger partial charge in [-0.05, 0) is 24.1 Å². The minimum absolute atomic E-state index is 0.0863. The highest BCUT2D eigenvalue weighted by atomic mass is 79.9. The molecule has 0 spiro atoms. The van der Waals surface area contributed by atoms with Crippen LogP contribution in [0.3, 0.4) is 0 Å². The molecule has 0 fully saturated rings. The summed E-state index contributed by atoms with van der Waals surface area (Å²) >= 11 is 3.32. The van der Waals surface area contributed by atoms with Gasteiger partial charge in [-0.1, -0.05) is 28.1 Å². The van der Waals surface area contributed by atoms with Gasteiger partial charge in [-0.3, -0.25) is 5.10 Å². The van der Waals surface area contributed by atoms with Crippen LogP contribution in [0.5, 0.6) is 0 Å². The molecule has 1 aliphatic heterocycles. The molecule has 2 heterocycles. The van der Waals surface area contributed by atoms with Crippen molar-refractivity contribution in [2.24, 2.45) is 0 Å². The number of nitrogens with zero attached hydrogens (tertiary/aromatic N) is 1. The van der Waals surface area contributed by atoms with Gasteiger partial charge in [0.15, 0.2) is 15.5 Å². The second-order valence-corrected chi connectivity index (χ2v) is 7.94. The number of sulfone groups is 1. The van der Waals surface area contributed by atoms with Crippen molar-refractivity contribution in [3.63, 3.8) is 0 Å². The van der Waals surface area contributed by atoms with E-state index >= 15 is 0 Å². The first-order valence-electron chi connectivity index (χ1n) is 6.17. The van der Waals surface area contributed by atoms with Crippen LogP contribution in [-0.2, 0) is 16.3 Å². The van der Waals surface area contributed by atoms with E-state index in [2.05, 4.69) is 26.1 Å². The van der Waals surface area contributed by atoms with Gasteiger partial charge in [0.25, 0.3) is 0 Å². The standard InChI is InChI=1S/C13H11BrN2O4S/c14-8-3-1-2-7(6-8)12-10-9(4-5-21(12,19)20)11(13(17)18)16-15-10/h1-3,6,12H,4-5H2,(H,15,16)(H,17,18). The van der Waals surface area contributed by atoms with Gasteiger partial charge in [0.05, 0.1) is 11.4 Å². The predicted octanol–water partition coefficient (Wildman–Crippen LogP) is 1.93. The Morgan fingerprint density at radius 3 is 2.86 bits per heavy atom. The van der Waals surface area contributed by atoms with E-state index in [4.69, 9.17) is 5.11 Å². The van der Waals surface area contributed by atoms with E-state index in [1.165, 1.54) is 0 Å². The number of hydrogen-bond acceptors (Lipinski definition) is 4. The highest BCUT2D eigenvalue weighted by Gasteiger charge is 2.38. The van der Waals surface area contributed by atoms with Crippen molar-refractivity contribution < 1.29 is 18.3 Å². The van der Waals surface area contributed by atoms with Gasteiger partial charge in [0, 0.05) is 10.0 Å². The lowest BCUT2D eigenvalue weighted by Crippen LogP contribution is -2.26. The molecule has 110 valence electrons. The fourth-order valence-corrected chi connectivity index (χ4v) is 4.87. The Kier molecular flexibility index (Phi) is 3.37. The third-order valence-electron chi connectivity index (χ3n) is 3.51. The molecule has 0 amide bonds. The van der Waals surface area contributed by atoms with E-state index < -0.39 is 21.1 Å². The topological polar surface area (TPSA) is 100 Å². The molecule has 3 rings (SSSR count). The van der Waals surface area contributed by atoms with Crippen LogP contribution in [-0.4, -0.2) is 35.4 Å². The van der Waals surface area contributed by atoms with Crippen LogP contribution >= 0.6 is 15.9 Å². The Balaban J connectivity index is 2.22. The fraction of sp³-hybridized carbons (Fsp3) is 0.231. The second kappa shape index (κ2) is 4.96. The number of hydrogen-bond donors (Lipinski definition) is 2. The molecule has 1 unspecified atom stereocenters. The third-order valence-corrected chi connectivity index (χ3v) is 6.00. The maximum atomic E-state index is 12.4. The molecule has 8 heteroatoms. The molecule has 0 saturated carbocycles. The zero-order valence-electron chi connectivity index (χ0n) is 10.7. The van der Waals surface area contributed by atoms with Crippen LogP contribution < -0.4 is 0 Å². The maximum Gasteiger partial charge on any atom is 0.356 e. The number of carboxylic acid groups (broad SMARTS) is 1. The Morgan fingerprint density at radius 1 is 1.43 bits per heavy atom. The van der Waals surface area contributed by atoms with E-state index in [1.807, 2.05) is 0 Å². The SMILES string of the molecule is O=C(O)c1n[nH]c2c1CCS(=O)(=O)C2c1cccc(Br)c1. The first-order valence-corrected chi connectivity index (χ1v) is 8.68. The molecule has 1 aliphatic rings. The van der Waals surface area contributed by atoms with Crippen LogP contribution in [0.2, 0.25) is 0 Å². The average Bonchev–Trinajstić information content (AvgIpc) is 2.81. The maximum absolute atomic E-state index is 12.4. The summed E-state index contributed by atoms with van der Waals surface area (Å²) in [6.45, 7) is 0. The number of fused-ring (bicyclic) bond motifs is 1. The number of halogens is 1. The summed E-state index contributed by atoms with van der Waals surface area (Å²) in [4.78, 5) is 11.2. The van der Waals surface area contributed by atoms with Crippen molar-refractivity contribution in [1.82, 2.24) is 10.2 Å². The highest BCUT2D eigenvalue weighted by molar-refractivity contribution is 9.10. The van der Waals surface area contributed by atoms with E-state index in [0.29, 0.717) is 16.8 Å². The number of carbonyl (C=O) groups is 1. The molecule has 1 aromatic heterocycles. The Morgan fingerprint density at radius 2 is 2.19 bits per heavy atom. The van der Waals surface area contributed by atoms with E-state index in [9.17, 15) is 13.2 Å². The summed E-state index contributed by atoms with van der Waals surface area (Å²) in [6, 6.07) is 6.98. The lowest BCUT2D eigenvalue weighted by atomic mass is 10.0. The molecule has 2 N–H and O–H groups in total. The summed E-state index contributed by atoms with van der Waals surface area (Å²) in [5.41, 5.74) is 1.32. The van der Waals surface area contributed by atoms with E-state index in [0.717, 1.165) is 4.47 Å². The van der Waals surface area contributed by atoms with Crippen LogP contribution in [0, 0.1) is 0 Å². The number of aromatic nitrogens is 2. The number of nitrogens with one attached hydrogen (secondary N) is 1. The lowest BCUT2D eigenvalue weighted by molar-refractivity contribution is 0.0689. The minimum Gasteiger partial charge on any atom is -0.476 e. The summed E-state index contributed by atoms with van der Waals surface area (Å²) in [7, 11) is -3.40. The molecule has 0 aliphatic carbocycles. The van der Waals surface area contributed by atoms with Gasteiger partial charge in [-0.15, -0.1) is 0 Å². The van der Waals surface area contributed by atoms with Gasteiger partial charge in [0.1, 0.15) is 5.25 Å². The first-order chi connectivity index (χ1) is 9.90. The van der Waals surface area contributed by atoms with Crippen LogP contribution in [0.15, 0.2) is 28.7 Å². The van der Waals surface area contributed by atoms with Crippen molar-refractivity contribution in [3.05, 3.63) is 51.3 Å². The van der Waals surface area contributed by atoms with Crippen molar-refractivity contribution in [1.29, 1.82) is 0 Å². The predicted molar refractivity (Wildman–Crippen MR) is 79.0 cm³/mol. The molecule has 0 radical (unpaired) electrons. The van der Waals surface area contributed by atoms with Crippen molar-refractivity contribution >= 4 is 31.7 Å². The molecule has 1 aromatic carbocycles. The normalized spacial score (nSPS) is 20.0. The number of rotatable bonds is 2. The molecule has 0 saturated heterocycles.